The number of amides is 1. The van der Waals surface area contributed by atoms with Crippen LogP contribution in [0, 0.1) is 5.92 Å². The van der Waals surface area contributed by atoms with Gasteiger partial charge >= 0.3 is 0 Å². The van der Waals surface area contributed by atoms with Crippen LogP contribution in [0.15, 0.2) is 16.9 Å². The monoisotopic (exact) mass is 328 g/mol. The normalized spacial score (nSPS) is 20.1. The number of allylic oxidation sites excluding steroid dienone is 1. The van der Waals surface area contributed by atoms with Crippen molar-refractivity contribution in [3.8, 4) is 0 Å². The summed E-state index contributed by atoms with van der Waals surface area (Å²) in [6.07, 6.45) is 1.84. The van der Waals surface area contributed by atoms with Gasteiger partial charge in [0.25, 0.3) is 0 Å². The van der Waals surface area contributed by atoms with Crippen LogP contribution in [-0.2, 0) is 21.2 Å². The fourth-order valence-corrected chi connectivity index (χ4v) is 4.36. The largest absolute Gasteiger partial charge is 0.340 e. The summed E-state index contributed by atoms with van der Waals surface area (Å²) < 4.78 is 22.7. The van der Waals surface area contributed by atoms with Gasteiger partial charge in [-0.05, 0) is 0 Å². The Bertz CT molecular complexity index is 647. The molecule has 1 unspecified atom stereocenters. The van der Waals surface area contributed by atoms with E-state index in [2.05, 4.69) is 18.8 Å². The van der Waals surface area contributed by atoms with Gasteiger partial charge in [-0.3, -0.25) is 4.79 Å². The first-order valence-corrected chi connectivity index (χ1v) is 9.45. The van der Waals surface area contributed by atoms with Crippen LogP contribution < -0.4 is 0 Å². The van der Waals surface area contributed by atoms with Gasteiger partial charge in [0.15, 0.2) is 9.84 Å². The van der Waals surface area contributed by atoms with Crippen LogP contribution >= 0.6 is 11.3 Å². The molecule has 0 fully saturated rings. The number of hydrogen-bond acceptors (Lipinski definition) is 5. The highest BCUT2D eigenvalue weighted by Crippen LogP contribution is 2.21. The lowest BCUT2D eigenvalue weighted by Gasteiger charge is -2.17. The highest BCUT2D eigenvalue weighted by molar-refractivity contribution is 7.94. The molecule has 1 aliphatic rings. The van der Waals surface area contributed by atoms with E-state index < -0.39 is 9.84 Å². The number of carbonyl (C=O) groups is 1. The number of carbonyl (C=O) groups excluding carboxylic acids is 1. The molecule has 1 amide bonds. The molecule has 116 valence electrons. The zero-order valence-corrected chi connectivity index (χ0v) is 14.1. The van der Waals surface area contributed by atoms with Crippen LogP contribution in [0.25, 0.3) is 0 Å². The number of rotatable bonds is 5. The summed E-state index contributed by atoms with van der Waals surface area (Å²) in [4.78, 5) is 18.2. The van der Waals surface area contributed by atoms with Crippen molar-refractivity contribution in [3.63, 3.8) is 0 Å². The van der Waals surface area contributed by atoms with E-state index in [0.29, 0.717) is 12.5 Å². The second-order valence-electron chi connectivity index (χ2n) is 5.70. The third-order valence-corrected chi connectivity index (χ3v) is 5.99. The van der Waals surface area contributed by atoms with Gasteiger partial charge in [0, 0.05) is 36.1 Å². The molecule has 21 heavy (non-hydrogen) atoms. The van der Waals surface area contributed by atoms with Gasteiger partial charge in [-0.1, -0.05) is 19.9 Å². The van der Waals surface area contributed by atoms with Crippen molar-refractivity contribution < 1.29 is 13.2 Å². The van der Waals surface area contributed by atoms with Crippen molar-refractivity contribution in [2.45, 2.75) is 32.7 Å². The Morgan fingerprint density at radius 3 is 2.76 bits per heavy atom. The van der Waals surface area contributed by atoms with Gasteiger partial charge in [-0.25, -0.2) is 13.4 Å². The lowest BCUT2D eigenvalue weighted by molar-refractivity contribution is -0.131. The molecular weight excluding hydrogens is 308 g/mol. The van der Waals surface area contributed by atoms with E-state index in [1.807, 2.05) is 5.38 Å². The molecule has 7 heteroatoms. The highest BCUT2D eigenvalue weighted by Gasteiger charge is 2.25. The summed E-state index contributed by atoms with van der Waals surface area (Å²) in [6, 6.07) is 0. The van der Waals surface area contributed by atoms with Gasteiger partial charge in [-0.2, -0.15) is 0 Å². The Balaban J connectivity index is 1.89. The van der Waals surface area contributed by atoms with Crippen molar-refractivity contribution in [2.75, 3.05) is 12.8 Å². The van der Waals surface area contributed by atoms with E-state index in [4.69, 9.17) is 0 Å². The molecule has 1 aliphatic heterocycles. The Morgan fingerprint density at radius 2 is 2.24 bits per heavy atom. The maximum Gasteiger partial charge on any atom is 0.223 e. The van der Waals surface area contributed by atoms with Gasteiger partial charge in [-0.15, -0.1) is 11.3 Å². The van der Waals surface area contributed by atoms with Crippen LogP contribution in [0.2, 0.25) is 0 Å². The maximum absolute atomic E-state index is 12.1. The Labute approximate surface area is 129 Å². The van der Waals surface area contributed by atoms with E-state index in [9.17, 15) is 13.2 Å². The molecule has 0 N–H and O–H groups in total. The number of hydrogen-bond donors (Lipinski definition) is 0. The highest BCUT2D eigenvalue weighted by atomic mass is 32.2. The van der Waals surface area contributed by atoms with Crippen molar-refractivity contribution in [1.82, 2.24) is 9.88 Å². The van der Waals surface area contributed by atoms with Crippen LogP contribution in [0.1, 0.15) is 36.9 Å². The number of sulfone groups is 1. The zero-order chi connectivity index (χ0) is 15.6. The first-order chi connectivity index (χ1) is 9.77. The molecule has 2 rings (SSSR count). The summed E-state index contributed by atoms with van der Waals surface area (Å²) >= 11 is 1.60. The molecule has 0 radical (unpaired) electrons. The molecule has 0 spiro atoms. The summed E-state index contributed by atoms with van der Waals surface area (Å²) in [7, 11) is -1.37. The molecule has 2 heterocycles. The lowest BCUT2D eigenvalue weighted by Crippen LogP contribution is -2.28. The fourth-order valence-electron chi connectivity index (χ4n) is 2.14. The second kappa shape index (κ2) is 6.27. The molecule has 0 saturated carbocycles. The smallest absolute Gasteiger partial charge is 0.223 e. The number of nitrogens with zero attached hydrogens (tertiary/aromatic N) is 2. The van der Waals surface area contributed by atoms with Crippen molar-refractivity contribution in [1.29, 1.82) is 0 Å². The van der Waals surface area contributed by atoms with Crippen LogP contribution in [0.4, 0.5) is 0 Å². The van der Waals surface area contributed by atoms with E-state index in [0.717, 1.165) is 10.7 Å². The minimum Gasteiger partial charge on any atom is -0.340 e. The first kappa shape index (κ1) is 16.2. The predicted octanol–water partition coefficient (Wildman–Crippen LogP) is 2.17. The SMILES string of the molecule is CC(C)c1nc(CN(C)C(=O)CC2C=CS(=O)(=O)C2)cs1. The topological polar surface area (TPSA) is 67.3 Å². The average molecular weight is 328 g/mol. The van der Waals surface area contributed by atoms with Gasteiger partial charge < -0.3 is 4.90 Å². The number of aromatic nitrogens is 1. The summed E-state index contributed by atoms with van der Waals surface area (Å²) in [6.45, 7) is 4.64. The molecule has 5 nitrogen and oxygen atoms in total. The minimum atomic E-state index is -3.09. The molecule has 0 bridgehead atoms. The quantitative estimate of drug-likeness (QED) is 0.831. The zero-order valence-electron chi connectivity index (χ0n) is 12.4. The van der Waals surface area contributed by atoms with Crippen molar-refractivity contribution in [3.05, 3.63) is 27.6 Å². The summed E-state index contributed by atoms with van der Waals surface area (Å²) in [5.74, 6) is 0.173. The Morgan fingerprint density at radius 1 is 1.52 bits per heavy atom. The van der Waals surface area contributed by atoms with Gasteiger partial charge in [0.05, 0.1) is 23.0 Å². The van der Waals surface area contributed by atoms with E-state index in [1.165, 1.54) is 5.41 Å². The maximum atomic E-state index is 12.1. The van der Waals surface area contributed by atoms with Gasteiger partial charge in [0.2, 0.25) is 5.91 Å². The standard InChI is InChI=1S/C14H20N2O3S2/c1-10(2)14-15-12(8-20-14)7-16(3)13(17)6-11-4-5-21(18,19)9-11/h4-5,8,10-11H,6-7,9H2,1-3H3. The Kier molecular flexibility index (Phi) is 4.83. The summed E-state index contributed by atoms with van der Waals surface area (Å²) in [5, 5.41) is 4.25. The molecule has 1 atom stereocenters. The first-order valence-electron chi connectivity index (χ1n) is 6.86. The third kappa shape index (κ3) is 4.38. The van der Waals surface area contributed by atoms with E-state index >= 15 is 0 Å². The van der Waals surface area contributed by atoms with Crippen molar-refractivity contribution in [2.24, 2.45) is 5.92 Å². The third-order valence-electron chi connectivity index (χ3n) is 3.33. The molecule has 0 aliphatic carbocycles. The van der Waals surface area contributed by atoms with Crippen molar-refractivity contribution >= 4 is 27.1 Å². The lowest BCUT2D eigenvalue weighted by atomic mass is 10.1. The molecule has 1 aromatic rings. The summed E-state index contributed by atoms with van der Waals surface area (Å²) in [5.41, 5.74) is 0.883. The molecule has 1 aromatic heterocycles. The Hall–Kier alpha value is -1.21. The molecular formula is C14H20N2O3S2. The van der Waals surface area contributed by atoms with Crippen LogP contribution in [-0.4, -0.2) is 37.0 Å². The fraction of sp³-hybridized carbons (Fsp3) is 0.571. The minimum absolute atomic E-state index is 0.0424. The number of thiazole rings is 1. The predicted molar refractivity (Wildman–Crippen MR) is 83.7 cm³/mol. The molecule has 0 saturated heterocycles. The molecule has 0 aromatic carbocycles. The van der Waals surface area contributed by atoms with E-state index in [-0.39, 0.29) is 24.0 Å². The average Bonchev–Trinajstić information content (AvgIpc) is 2.96. The van der Waals surface area contributed by atoms with Crippen LogP contribution in [0.3, 0.4) is 0 Å². The second-order valence-corrected chi connectivity index (χ2v) is 8.52. The van der Waals surface area contributed by atoms with E-state index in [1.54, 1.807) is 29.4 Å². The van der Waals surface area contributed by atoms with Crippen LogP contribution in [0.5, 0.6) is 0 Å². The van der Waals surface area contributed by atoms with Gasteiger partial charge in [0.1, 0.15) is 0 Å².